The maximum absolute atomic E-state index is 5.68. The highest BCUT2D eigenvalue weighted by Crippen LogP contribution is 2.22. The molecule has 1 aromatic heterocycles. The smallest absolute Gasteiger partial charge is 0.191 e. The predicted octanol–water partition coefficient (Wildman–Crippen LogP) is 2.26. The zero-order valence-corrected chi connectivity index (χ0v) is 21.6. The molecule has 32 heavy (non-hydrogen) atoms. The van der Waals surface area contributed by atoms with Crippen LogP contribution in [0.25, 0.3) is 11.0 Å². The van der Waals surface area contributed by atoms with E-state index in [-0.39, 0.29) is 24.0 Å². The van der Waals surface area contributed by atoms with Crippen molar-refractivity contribution in [2.45, 2.75) is 32.4 Å². The Bertz CT molecular complexity index is 861. The summed E-state index contributed by atoms with van der Waals surface area (Å²) in [6.07, 6.45) is 2.14. The number of aromatic nitrogens is 2. The first-order chi connectivity index (χ1) is 15.3. The van der Waals surface area contributed by atoms with Crippen LogP contribution in [0, 0.1) is 12.8 Å². The van der Waals surface area contributed by atoms with E-state index < -0.39 is 0 Å². The molecule has 0 bridgehead atoms. The molecule has 0 aliphatic carbocycles. The molecule has 0 radical (unpaired) electrons. The van der Waals surface area contributed by atoms with Crippen LogP contribution in [0.15, 0.2) is 29.3 Å². The molecule has 0 saturated carbocycles. The Balaban J connectivity index is 0.00000289. The van der Waals surface area contributed by atoms with Crippen LogP contribution in [0.2, 0.25) is 0 Å². The lowest BCUT2D eigenvalue weighted by molar-refractivity contribution is 0.00247. The summed E-state index contributed by atoms with van der Waals surface area (Å²) in [7, 11) is 1.84. The van der Waals surface area contributed by atoms with E-state index in [1.807, 2.05) is 13.1 Å². The normalized spacial score (nSPS) is 20.8. The summed E-state index contributed by atoms with van der Waals surface area (Å²) in [4.78, 5) is 11.6. The van der Waals surface area contributed by atoms with E-state index >= 15 is 0 Å². The van der Waals surface area contributed by atoms with E-state index in [1.54, 1.807) is 0 Å². The van der Waals surface area contributed by atoms with Crippen LogP contribution in [0.1, 0.15) is 18.7 Å². The molecule has 1 aromatic carbocycles. The van der Waals surface area contributed by atoms with Crippen molar-refractivity contribution < 1.29 is 9.47 Å². The van der Waals surface area contributed by atoms with Gasteiger partial charge in [0.15, 0.2) is 5.96 Å². The number of ether oxygens (including phenoxy) is 2. The minimum absolute atomic E-state index is 0. The average Bonchev–Trinajstić information content (AvgIpc) is 3.44. The van der Waals surface area contributed by atoms with Crippen LogP contribution in [0.3, 0.4) is 0 Å². The Morgan fingerprint density at radius 3 is 2.75 bits per heavy atom. The van der Waals surface area contributed by atoms with Crippen LogP contribution < -0.4 is 10.6 Å². The Hall–Kier alpha value is -1.43. The van der Waals surface area contributed by atoms with Gasteiger partial charge in [-0.25, -0.2) is 4.98 Å². The fourth-order valence-electron chi connectivity index (χ4n) is 4.70. The Morgan fingerprint density at radius 1 is 1.19 bits per heavy atom. The van der Waals surface area contributed by atoms with Crippen LogP contribution in [-0.4, -0.2) is 86.1 Å². The lowest BCUT2D eigenvalue weighted by Crippen LogP contribution is -2.53. The van der Waals surface area contributed by atoms with Crippen LogP contribution in [0.4, 0.5) is 0 Å². The highest BCUT2D eigenvalue weighted by molar-refractivity contribution is 14.0. The number of guanidine groups is 1. The number of halogens is 1. The van der Waals surface area contributed by atoms with E-state index in [4.69, 9.17) is 9.47 Å². The third-order valence-electron chi connectivity index (χ3n) is 6.42. The number of imidazole rings is 1. The lowest BCUT2D eigenvalue weighted by atomic mass is 9.97. The molecule has 0 amide bonds. The van der Waals surface area contributed by atoms with Gasteiger partial charge in [0, 0.05) is 58.3 Å². The van der Waals surface area contributed by atoms with Crippen LogP contribution >= 0.6 is 24.0 Å². The van der Waals surface area contributed by atoms with Gasteiger partial charge in [-0.3, -0.25) is 9.89 Å². The summed E-state index contributed by atoms with van der Waals surface area (Å²) >= 11 is 0. The average molecular weight is 556 g/mol. The number of morpholine rings is 1. The summed E-state index contributed by atoms with van der Waals surface area (Å²) in [6.45, 7) is 10.1. The number of benzene rings is 1. The van der Waals surface area contributed by atoms with E-state index in [2.05, 4.69) is 55.2 Å². The van der Waals surface area contributed by atoms with Gasteiger partial charge < -0.3 is 24.7 Å². The van der Waals surface area contributed by atoms with Gasteiger partial charge in [-0.15, -0.1) is 24.0 Å². The number of aliphatic imine (C=N–C) groups is 1. The monoisotopic (exact) mass is 556 g/mol. The second-order valence-corrected chi connectivity index (χ2v) is 8.37. The van der Waals surface area contributed by atoms with Crippen molar-refractivity contribution in [3.8, 4) is 0 Å². The Morgan fingerprint density at radius 2 is 2.00 bits per heavy atom. The highest BCUT2D eigenvalue weighted by atomic mass is 127. The quantitative estimate of drug-likeness (QED) is 0.225. The van der Waals surface area contributed by atoms with E-state index in [0.29, 0.717) is 12.0 Å². The molecule has 2 aliphatic rings. The number of nitrogens with zero attached hydrogens (tertiary/aromatic N) is 4. The predicted molar refractivity (Wildman–Crippen MR) is 139 cm³/mol. The number of para-hydroxylation sites is 2. The Kier molecular flexibility index (Phi) is 10.0. The van der Waals surface area contributed by atoms with Gasteiger partial charge in [0.05, 0.1) is 30.9 Å². The largest absolute Gasteiger partial charge is 0.381 e. The molecular weight excluding hydrogens is 519 g/mol. The second kappa shape index (κ2) is 12.7. The lowest BCUT2D eigenvalue weighted by Gasteiger charge is -2.37. The molecule has 3 heterocycles. The van der Waals surface area contributed by atoms with Crippen molar-refractivity contribution in [1.29, 1.82) is 0 Å². The van der Waals surface area contributed by atoms with Crippen molar-refractivity contribution in [2.24, 2.45) is 10.9 Å². The first-order valence-corrected chi connectivity index (χ1v) is 11.5. The minimum Gasteiger partial charge on any atom is -0.381 e. The van der Waals surface area contributed by atoms with Gasteiger partial charge in [-0.2, -0.15) is 0 Å². The molecule has 4 rings (SSSR count). The molecule has 9 heteroatoms. The molecular formula is C23H37IN6O2. The first-order valence-electron chi connectivity index (χ1n) is 11.5. The van der Waals surface area contributed by atoms with Gasteiger partial charge >= 0.3 is 0 Å². The fraction of sp³-hybridized carbons (Fsp3) is 0.652. The molecule has 178 valence electrons. The van der Waals surface area contributed by atoms with Crippen molar-refractivity contribution in [3.63, 3.8) is 0 Å². The highest BCUT2D eigenvalue weighted by Gasteiger charge is 2.31. The van der Waals surface area contributed by atoms with Crippen LogP contribution in [-0.2, 0) is 16.0 Å². The number of aryl methyl sites for hydroxylation is 2. The maximum Gasteiger partial charge on any atom is 0.191 e. The van der Waals surface area contributed by atoms with Gasteiger partial charge in [0.25, 0.3) is 0 Å². The van der Waals surface area contributed by atoms with Crippen molar-refractivity contribution in [2.75, 3.05) is 59.7 Å². The van der Waals surface area contributed by atoms with Crippen molar-refractivity contribution >= 4 is 41.0 Å². The number of rotatable bonds is 8. The molecule has 2 N–H and O–H groups in total. The zero-order chi connectivity index (χ0) is 21.5. The molecule has 2 fully saturated rings. The number of hydrogen-bond acceptors (Lipinski definition) is 5. The SMILES string of the molecule is CN=C(NCCCn1c(C)nc2ccccc21)NCC(C1CCOC1)N1CCOCC1.I. The van der Waals surface area contributed by atoms with Crippen LogP contribution in [0.5, 0.6) is 0 Å². The molecule has 0 spiro atoms. The maximum atomic E-state index is 5.68. The molecule has 2 aliphatic heterocycles. The molecule has 2 saturated heterocycles. The van der Waals surface area contributed by atoms with E-state index in [0.717, 1.165) is 89.3 Å². The zero-order valence-electron chi connectivity index (χ0n) is 19.3. The van der Waals surface area contributed by atoms with E-state index in [9.17, 15) is 0 Å². The molecule has 2 aromatic rings. The summed E-state index contributed by atoms with van der Waals surface area (Å²) < 4.78 is 13.5. The van der Waals surface area contributed by atoms with Gasteiger partial charge in [-0.1, -0.05) is 12.1 Å². The summed E-state index contributed by atoms with van der Waals surface area (Å²) in [5, 5.41) is 7.04. The summed E-state index contributed by atoms with van der Waals surface area (Å²) in [5.41, 5.74) is 2.27. The molecule has 2 atom stereocenters. The number of hydrogen-bond donors (Lipinski definition) is 2. The topological polar surface area (TPSA) is 75.9 Å². The Labute approximate surface area is 208 Å². The van der Waals surface area contributed by atoms with Gasteiger partial charge in [-0.05, 0) is 31.9 Å². The van der Waals surface area contributed by atoms with Crippen molar-refractivity contribution in [3.05, 3.63) is 30.1 Å². The first kappa shape index (κ1) is 25.2. The summed E-state index contributed by atoms with van der Waals surface area (Å²) in [5.74, 6) is 2.50. The number of nitrogens with one attached hydrogen (secondary N) is 2. The molecule has 2 unspecified atom stereocenters. The van der Waals surface area contributed by atoms with Gasteiger partial charge in [0.2, 0.25) is 0 Å². The van der Waals surface area contributed by atoms with Gasteiger partial charge in [0.1, 0.15) is 5.82 Å². The standard InChI is InChI=1S/C23H36N6O2.HI/c1-18-27-20-6-3-4-7-21(20)29(18)10-5-9-25-23(24-2)26-16-22(19-8-13-31-17-19)28-11-14-30-15-12-28;/h3-4,6-7,19,22H,5,8-17H2,1-2H3,(H2,24,25,26);1H. The third-order valence-corrected chi connectivity index (χ3v) is 6.42. The second-order valence-electron chi connectivity index (χ2n) is 8.37. The number of fused-ring (bicyclic) bond motifs is 1. The van der Waals surface area contributed by atoms with E-state index in [1.165, 1.54) is 5.52 Å². The minimum atomic E-state index is 0. The molecule has 8 nitrogen and oxygen atoms in total. The fourth-order valence-corrected chi connectivity index (χ4v) is 4.70. The third kappa shape index (κ3) is 6.33. The van der Waals surface area contributed by atoms with Crippen molar-refractivity contribution in [1.82, 2.24) is 25.1 Å². The summed E-state index contributed by atoms with van der Waals surface area (Å²) in [6, 6.07) is 8.78.